The van der Waals surface area contributed by atoms with Gasteiger partial charge in [0, 0.05) is 6.54 Å². The number of hydrogen-bond donors (Lipinski definition) is 0. The molecule has 92 valence electrons. The van der Waals surface area contributed by atoms with Gasteiger partial charge in [0.1, 0.15) is 6.10 Å². The quantitative estimate of drug-likeness (QED) is 0.687. The number of nitrogens with zero attached hydrogens (tertiary/aromatic N) is 1. The summed E-state index contributed by atoms with van der Waals surface area (Å²) in [5, 5.41) is 0. The highest BCUT2D eigenvalue weighted by Crippen LogP contribution is 2.27. The monoisotopic (exact) mass is 225 g/mol. The maximum atomic E-state index is 10.2. The molecule has 2 fully saturated rings. The Morgan fingerprint density at radius 1 is 1.06 bits per heavy atom. The lowest BCUT2D eigenvalue weighted by Gasteiger charge is -2.33. The van der Waals surface area contributed by atoms with Crippen LogP contribution in [0.2, 0.25) is 0 Å². The minimum Gasteiger partial charge on any atom is -0.465 e. The van der Waals surface area contributed by atoms with Gasteiger partial charge in [-0.3, -0.25) is 4.79 Å². The number of carbonyl (C=O) groups is 1. The van der Waals surface area contributed by atoms with Crippen molar-refractivity contribution in [1.82, 2.24) is 4.90 Å². The maximum Gasteiger partial charge on any atom is 0.293 e. The van der Waals surface area contributed by atoms with Crippen LogP contribution in [0.5, 0.6) is 0 Å². The molecule has 0 N–H and O–H groups in total. The number of ether oxygens (including phenoxy) is 1. The topological polar surface area (TPSA) is 29.5 Å². The third-order valence-electron chi connectivity index (χ3n) is 4.01. The maximum absolute atomic E-state index is 10.2. The lowest BCUT2D eigenvalue weighted by Crippen LogP contribution is -2.36. The van der Waals surface area contributed by atoms with Gasteiger partial charge in [-0.25, -0.2) is 0 Å². The number of piperidine rings is 1. The van der Waals surface area contributed by atoms with Gasteiger partial charge in [-0.1, -0.05) is 6.42 Å². The minimum atomic E-state index is 0.204. The molecule has 16 heavy (non-hydrogen) atoms. The molecule has 0 atom stereocenters. The molecule has 0 unspecified atom stereocenters. The van der Waals surface area contributed by atoms with Gasteiger partial charge < -0.3 is 9.64 Å². The predicted molar refractivity (Wildman–Crippen MR) is 63.2 cm³/mol. The van der Waals surface area contributed by atoms with Crippen molar-refractivity contribution in [2.24, 2.45) is 5.92 Å². The molecule has 1 aliphatic heterocycles. The highest BCUT2D eigenvalue weighted by molar-refractivity contribution is 5.37. The van der Waals surface area contributed by atoms with E-state index in [1.165, 1.54) is 51.7 Å². The first-order chi connectivity index (χ1) is 7.88. The summed E-state index contributed by atoms with van der Waals surface area (Å²) in [6.45, 7) is 4.47. The van der Waals surface area contributed by atoms with Crippen LogP contribution in [0.3, 0.4) is 0 Å². The van der Waals surface area contributed by atoms with E-state index in [9.17, 15) is 4.79 Å². The van der Waals surface area contributed by atoms with Crippen molar-refractivity contribution in [1.29, 1.82) is 0 Å². The largest absolute Gasteiger partial charge is 0.465 e. The molecule has 0 radical (unpaired) electrons. The fourth-order valence-electron chi connectivity index (χ4n) is 3.04. The second kappa shape index (κ2) is 6.24. The first-order valence-corrected chi connectivity index (χ1v) is 6.70. The molecule has 1 aliphatic carbocycles. The van der Waals surface area contributed by atoms with Gasteiger partial charge in [-0.2, -0.15) is 0 Å². The highest BCUT2D eigenvalue weighted by Gasteiger charge is 2.24. The standard InChI is InChI=1S/C13H23NO2/c15-11-16-13-6-4-12(5-7-13)10-14-8-2-1-3-9-14/h11-13H,1-10H2. The molecule has 1 saturated heterocycles. The molecule has 0 aromatic carbocycles. The fraction of sp³-hybridized carbons (Fsp3) is 0.923. The molecular formula is C13H23NO2. The second-order valence-corrected chi connectivity index (χ2v) is 5.24. The Morgan fingerprint density at radius 2 is 1.75 bits per heavy atom. The van der Waals surface area contributed by atoms with E-state index in [-0.39, 0.29) is 6.10 Å². The number of likely N-dealkylation sites (tertiary alicyclic amines) is 1. The Balaban J connectivity index is 1.66. The van der Waals surface area contributed by atoms with Crippen molar-refractivity contribution >= 4 is 6.47 Å². The van der Waals surface area contributed by atoms with Gasteiger partial charge >= 0.3 is 0 Å². The lowest BCUT2D eigenvalue weighted by atomic mass is 9.86. The van der Waals surface area contributed by atoms with Gasteiger partial charge in [0.2, 0.25) is 0 Å². The summed E-state index contributed by atoms with van der Waals surface area (Å²) < 4.78 is 5.03. The van der Waals surface area contributed by atoms with E-state index in [1.807, 2.05) is 0 Å². The Bertz CT molecular complexity index is 206. The van der Waals surface area contributed by atoms with Crippen molar-refractivity contribution < 1.29 is 9.53 Å². The summed E-state index contributed by atoms with van der Waals surface area (Å²) in [6.07, 6.45) is 8.97. The van der Waals surface area contributed by atoms with E-state index < -0.39 is 0 Å². The Hall–Kier alpha value is -0.570. The molecule has 0 amide bonds. The summed E-state index contributed by atoms with van der Waals surface area (Å²) in [5.74, 6) is 0.838. The average Bonchev–Trinajstić information content (AvgIpc) is 2.33. The van der Waals surface area contributed by atoms with Crippen molar-refractivity contribution in [3.63, 3.8) is 0 Å². The molecule has 1 heterocycles. The van der Waals surface area contributed by atoms with Crippen molar-refractivity contribution in [3.05, 3.63) is 0 Å². The van der Waals surface area contributed by atoms with Gasteiger partial charge in [-0.15, -0.1) is 0 Å². The van der Waals surface area contributed by atoms with Crippen LogP contribution in [-0.2, 0) is 9.53 Å². The SMILES string of the molecule is O=COC1CCC(CN2CCCCC2)CC1. The lowest BCUT2D eigenvalue weighted by molar-refractivity contribution is -0.135. The normalized spacial score (nSPS) is 32.2. The van der Waals surface area contributed by atoms with Crippen LogP contribution in [0.15, 0.2) is 0 Å². The van der Waals surface area contributed by atoms with E-state index in [0.717, 1.165) is 18.8 Å². The van der Waals surface area contributed by atoms with E-state index in [1.54, 1.807) is 0 Å². The summed E-state index contributed by atoms with van der Waals surface area (Å²) in [4.78, 5) is 12.9. The van der Waals surface area contributed by atoms with E-state index in [2.05, 4.69) is 4.90 Å². The highest BCUT2D eigenvalue weighted by atomic mass is 16.5. The smallest absolute Gasteiger partial charge is 0.293 e. The average molecular weight is 225 g/mol. The van der Waals surface area contributed by atoms with Crippen LogP contribution in [0.25, 0.3) is 0 Å². The van der Waals surface area contributed by atoms with Crippen LogP contribution in [0, 0.1) is 5.92 Å². The number of carbonyl (C=O) groups excluding carboxylic acids is 1. The summed E-state index contributed by atoms with van der Waals surface area (Å²) in [5.41, 5.74) is 0. The first-order valence-electron chi connectivity index (χ1n) is 6.70. The van der Waals surface area contributed by atoms with E-state index >= 15 is 0 Å². The summed E-state index contributed by atoms with van der Waals surface area (Å²) in [7, 11) is 0. The van der Waals surface area contributed by atoms with Crippen LogP contribution >= 0.6 is 0 Å². The van der Waals surface area contributed by atoms with Crippen molar-refractivity contribution in [3.8, 4) is 0 Å². The molecule has 1 saturated carbocycles. The molecule has 0 spiro atoms. The summed E-state index contributed by atoms with van der Waals surface area (Å²) >= 11 is 0. The molecule has 2 rings (SSSR count). The molecule has 0 aromatic heterocycles. The zero-order chi connectivity index (χ0) is 11.2. The molecule has 3 nitrogen and oxygen atoms in total. The Labute approximate surface area is 98.1 Å². The zero-order valence-electron chi connectivity index (χ0n) is 10.1. The van der Waals surface area contributed by atoms with E-state index in [0.29, 0.717) is 6.47 Å². The van der Waals surface area contributed by atoms with Gasteiger partial charge in [0.25, 0.3) is 6.47 Å². The third kappa shape index (κ3) is 3.48. The molecular weight excluding hydrogens is 202 g/mol. The van der Waals surface area contributed by atoms with Gasteiger partial charge in [-0.05, 0) is 57.5 Å². The van der Waals surface area contributed by atoms with Crippen LogP contribution in [0.4, 0.5) is 0 Å². The van der Waals surface area contributed by atoms with E-state index in [4.69, 9.17) is 4.74 Å². The van der Waals surface area contributed by atoms with Crippen molar-refractivity contribution in [2.75, 3.05) is 19.6 Å². The Kier molecular flexibility index (Phi) is 4.64. The van der Waals surface area contributed by atoms with Gasteiger partial charge in [0.05, 0.1) is 0 Å². The molecule has 2 aliphatic rings. The first kappa shape index (κ1) is 11.9. The van der Waals surface area contributed by atoms with Gasteiger partial charge in [0.15, 0.2) is 0 Å². The molecule has 0 bridgehead atoms. The molecule has 3 heteroatoms. The number of rotatable bonds is 4. The van der Waals surface area contributed by atoms with Crippen LogP contribution < -0.4 is 0 Å². The van der Waals surface area contributed by atoms with Crippen LogP contribution in [0.1, 0.15) is 44.9 Å². The third-order valence-corrected chi connectivity index (χ3v) is 4.01. The zero-order valence-corrected chi connectivity index (χ0v) is 10.1. The number of hydrogen-bond acceptors (Lipinski definition) is 3. The Morgan fingerprint density at radius 3 is 2.38 bits per heavy atom. The second-order valence-electron chi connectivity index (χ2n) is 5.24. The fourth-order valence-corrected chi connectivity index (χ4v) is 3.04. The van der Waals surface area contributed by atoms with Crippen LogP contribution in [-0.4, -0.2) is 37.1 Å². The minimum absolute atomic E-state index is 0.204. The van der Waals surface area contributed by atoms with Crippen molar-refractivity contribution in [2.45, 2.75) is 51.0 Å². The summed E-state index contributed by atoms with van der Waals surface area (Å²) in [6, 6.07) is 0. The molecule has 0 aromatic rings. The predicted octanol–water partition coefficient (Wildman–Crippen LogP) is 2.20.